The molecule has 0 aromatic carbocycles. The first-order valence-corrected chi connectivity index (χ1v) is 5.90. The number of ether oxygens (including phenoxy) is 1. The number of nitrogens with zero attached hydrogens (tertiary/aromatic N) is 1. The molecule has 0 radical (unpaired) electrons. The molecule has 0 aromatic rings. The maximum absolute atomic E-state index is 11.5. The molecule has 0 bridgehead atoms. The Hall–Kier alpha value is -0.280. The van der Waals surface area contributed by atoms with Crippen molar-refractivity contribution in [1.29, 1.82) is 0 Å². The van der Waals surface area contributed by atoms with Gasteiger partial charge in [0.1, 0.15) is 6.61 Å². The maximum atomic E-state index is 11.5. The second-order valence-electron chi connectivity index (χ2n) is 5.29. The summed E-state index contributed by atoms with van der Waals surface area (Å²) in [5, 5.41) is 0. The summed E-state index contributed by atoms with van der Waals surface area (Å²) in [7, 11) is 0. The Kier molecular flexibility index (Phi) is 7.00. The number of hydrogen-bond acceptors (Lipinski definition) is 3. The normalized spacial score (nSPS) is 17.7. The molecule has 4 heteroatoms. The Morgan fingerprint density at radius 3 is 2.25 bits per heavy atom. The van der Waals surface area contributed by atoms with Crippen molar-refractivity contribution >= 4 is 18.4 Å². The van der Waals surface area contributed by atoms with E-state index in [-0.39, 0.29) is 23.8 Å². The highest BCUT2D eigenvalue weighted by Gasteiger charge is 2.23. The van der Waals surface area contributed by atoms with E-state index in [2.05, 4.69) is 4.90 Å². The van der Waals surface area contributed by atoms with Crippen LogP contribution < -0.4 is 0 Å². The van der Waals surface area contributed by atoms with E-state index in [9.17, 15) is 4.79 Å². The molecule has 0 atom stereocenters. The average molecular weight is 250 g/mol. The molecular formula is C12H24ClNO2. The molecular weight excluding hydrogens is 226 g/mol. The highest BCUT2D eigenvalue weighted by Crippen LogP contribution is 2.15. The topological polar surface area (TPSA) is 29.5 Å². The summed E-state index contributed by atoms with van der Waals surface area (Å²) < 4.78 is 5.23. The number of likely N-dealkylation sites (tertiary alicyclic amines) is 1. The zero-order chi connectivity index (χ0) is 11.3. The first kappa shape index (κ1) is 15.7. The second kappa shape index (κ2) is 7.13. The third-order valence-electron chi connectivity index (χ3n) is 2.70. The summed E-state index contributed by atoms with van der Waals surface area (Å²) in [5.74, 6) is -0.0977. The number of carbonyl (C=O) groups is 1. The molecule has 1 heterocycles. The average Bonchev–Trinajstić information content (AvgIpc) is 2.18. The molecule has 0 N–H and O–H groups in total. The van der Waals surface area contributed by atoms with Gasteiger partial charge in [-0.05, 0) is 46.7 Å². The van der Waals surface area contributed by atoms with Crippen LogP contribution in [0.15, 0.2) is 0 Å². The zero-order valence-corrected chi connectivity index (χ0v) is 11.4. The van der Waals surface area contributed by atoms with Crippen LogP contribution >= 0.6 is 12.4 Å². The number of esters is 1. The van der Waals surface area contributed by atoms with Crippen molar-refractivity contribution in [3.63, 3.8) is 0 Å². The van der Waals surface area contributed by atoms with Gasteiger partial charge in [-0.3, -0.25) is 9.69 Å². The molecule has 0 unspecified atom stereocenters. The summed E-state index contributed by atoms with van der Waals surface area (Å²) in [6, 6.07) is 0. The van der Waals surface area contributed by atoms with Crippen LogP contribution in [0.2, 0.25) is 0 Å². The minimum Gasteiger partial charge on any atom is -0.464 e. The molecule has 1 fully saturated rings. The maximum Gasteiger partial charge on any atom is 0.311 e. The first-order valence-electron chi connectivity index (χ1n) is 5.90. The zero-order valence-electron chi connectivity index (χ0n) is 10.6. The van der Waals surface area contributed by atoms with E-state index in [1.165, 1.54) is 19.3 Å². The molecule has 0 aromatic heterocycles. The van der Waals surface area contributed by atoms with Gasteiger partial charge >= 0.3 is 5.97 Å². The summed E-state index contributed by atoms with van der Waals surface area (Å²) in [6.45, 7) is 9.40. The standard InChI is InChI=1S/C12H23NO2.ClH/c1-12(2,3)11(14)15-10-9-13-7-5-4-6-8-13;/h4-10H2,1-3H3;1H. The van der Waals surface area contributed by atoms with Crippen molar-refractivity contribution in [1.82, 2.24) is 4.90 Å². The Morgan fingerprint density at radius 2 is 1.75 bits per heavy atom. The van der Waals surface area contributed by atoms with Gasteiger partial charge in [0.25, 0.3) is 0 Å². The lowest BCUT2D eigenvalue weighted by Gasteiger charge is -2.26. The summed E-state index contributed by atoms with van der Waals surface area (Å²) in [4.78, 5) is 13.8. The molecule has 16 heavy (non-hydrogen) atoms. The van der Waals surface area contributed by atoms with Gasteiger partial charge in [0, 0.05) is 6.54 Å². The van der Waals surface area contributed by atoms with Crippen LogP contribution in [0.1, 0.15) is 40.0 Å². The fourth-order valence-electron chi connectivity index (χ4n) is 1.67. The number of rotatable bonds is 3. The highest BCUT2D eigenvalue weighted by atomic mass is 35.5. The van der Waals surface area contributed by atoms with Crippen LogP contribution in [0.3, 0.4) is 0 Å². The lowest BCUT2D eigenvalue weighted by molar-refractivity contribution is -0.153. The van der Waals surface area contributed by atoms with Crippen molar-refractivity contribution in [2.24, 2.45) is 5.41 Å². The van der Waals surface area contributed by atoms with Crippen LogP contribution in [-0.4, -0.2) is 37.1 Å². The minimum absolute atomic E-state index is 0. The van der Waals surface area contributed by atoms with Gasteiger partial charge < -0.3 is 4.74 Å². The first-order chi connectivity index (χ1) is 7.00. The Labute approximate surface area is 105 Å². The number of piperidine rings is 1. The third kappa shape index (κ3) is 5.71. The van der Waals surface area contributed by atoms with Gasteiger partial charge in [0.2, 0.25) is 0 Å². The van der Waals surface area contributed by atoms with E-state index in [1.807, 2.05) is 20.8 Å². The predicted octanol–water partition coefficient (Wildman–Crippen LogP) is 2.48. The number of carbonyl (C=O) groups excluding carboxylic acids is 1. The fourth-order valence-corrected chi connectivity index (χ4v) is 1.67. The Balaban J connectivity index is 0.00000225. The summed E-state index contributed by atoms with van der Waals surface area (Å²) in [5.41, 5.74) is -0.373. The lowest BCUT2D eigenvalue weighted by Crippen LogP contribution is -2.34. The molecule has 1 aliphatic heterocycles. The number of hydrogen-bond donors (Lipinski definition) is 0. The molecule has 0 amide bonds. The largest absolute Gasteiger partial charge is 0.464 e. The van der Waals surface area contributed by atoms with E-state index in [4.69, 9.17) is 4.74 Å². The van der Waals surface area contributed by atoms with E-state index < -0.39 is 0 Å². The van der Waals surface area contributed by atoms with Gasteiger partial charge in [-0.2, -0.15) is 0 Å². The molecule has 3 nitrogen and oxygen atoms in total. The summed E-state index contributed by atoms with van der Waals surface area (Å²) in [6.07, 6.45) is 3.92. The second-order valence-corrected chi connectivity index (χ2v) is 5.29. The molecule has 1 rings (SSSR count). The number of halogens is 1. The van der Waals surface area contributed by atoms with Crippen LogP contribution in [-0.2, 0) is 9.53 Å². The molecule has 96 valence electrons. The molecule has 0 aliphatic carbocycles. The van der Waals surface area contributed by atoms with Gasteiger partial charge in [0.15, 0.2) is 0 Å². The smallest absolute Gasteiger partial charge is 0.311 e. The van der Waals surface area contributed by atoms with Crippen LogP contribution in [0.25, 0.3) is 0 Å². The predicted molar refractivity (Wildman–Crippen MR) is 68.0 cm³/mol. The van der Waals surface area contributed by atoms with Crippen LogP contribution in [0, 0.1) is 5.41 Å². The van der Waals surface area contributed by atoms with Crippen molar-refractivity contribution in [2.45, 2.75) is 40.0 Å². The Morgan fingerprint density at radius 1 is 1.19 bits per heavy atom. The quantitative estimate of drug-likeness (QED) is 0.720. The van der Waals surface area contributed by atoms with Crippen molar-refractivity contribution < 1.29 is 9.53 Å². The SMILES string of the molecule is CC(C)(C)C(=O)OCCN1CCCCC1.Cl. The van der Waals surface area contributed by atoms with E-state index in [0.717, 1.165) is 19.6 Å². The van der Waals surface area contributed by atoms with Gasteiger partial charge in [-0.25, -0.2) is 0 Å². The van der Waals surface area contributed by atoms with Crippen molar-refractivity contribution in [3.8, 4) is 0 Å². The molecule has 1 saturated heterocycles. The van der Waals surface area contributed by atoms with Gasteiger partial charge in [0.05, 0.1) is 5.41 Å². The van der Waals surface area contributed by atoms with E-state index >= 15 is 0 Å². The molecule has 0 spiro atoms. The van der Waals surface area contributed by atoms with Gasteiger partial charge in [-0.15, -0.1) is 12.4 Å². The van der Waals surface area contributed by atoms with Crippen LogP contribution in [0.5, 0.6) is 0 Å². The third-order valence-corrected chi connectivity index (χ3v) is 2.70. The van der Waals surface area contributed by atoms with Gasteiger partial charge in [-0.1, -0.05) is 6.42 Å². The van der Waals surface area contributed by atoms with E-state index in [0.29, 0.717) is 6.61 Å². The van der Waals surface area contributed by atoms with Crippen molar-refractivity contribution in [3.05, 3.63) is 0 Å². The molecule has 0 saturated carbocycles. The highest BCUT2D eigenvalue weighted by molar-refractivity contribution is 5.85. The van der Waals surface area contributed by atoms with E-state index in [1.54, 1.807) is 0 Å². The van der Waals surface area contributed by atoms with Crippen LogP contribution in [0.4, 0.5) is 0 Å². The monoisotopic (exact) mass is 249 g/mol. The summed E-state index contributed by atoms with van der Waals surface area (Å²) >= 11 is 0. The molecule has 1 aliphatic rings. The Bertz CT molecular complexity index is 208. The minimum atomic E-state index is -0.373. The fraction of sp³-hybridized carbons (Fsp3) is 0.917. The lowest BCUT2D eigenvalue weighted by atomic mass is 9.97. The van der Waals surface area contributed by atoms with Crippen molar-refractivity contribution in [2.75, 3.05) is 26.2 Å².